The second-order valence-electron chi connectivity index (χ2n) is 17.1. The number of hydrogen-bond acceptors (Lipinski definition) is 4. The van der Waals surface area contributed by atoms with Gasteiger partial charge in [0.05, 0.1) is 11.0 Å². The van der Waals surface area contributed by atoms with Crippen LogP contribution in [0.2, 0.25) is 0 Å². The van der Waals surface area contributed by atoms with Crippen molar-refractivity contribution in [3.63, 3.8) is 0 Å². The Kier molecular flexibility index (Phi) is 9.66. The summed E-state index contributed by atoms with van der Waals surface area (Å²) >= 11 is 1.85. The van der Waals surface area contributed by atoms with Gasteiger partial charge in [-0.25, -0.2) is 15.0 Å². The first-order chi connectivity index (χ1) is 33.7. The minimum Gasteiger partial charge on any atom is -0.309 e. The third-order valence-corrected chi connectivity index (χ3v) is 14.2. The van der Waals surface area contributed by atoms with E-state index in [0.717, 1.165) is 66.9 Å². The molecule has 13 rings (SSSR count). The van der Waals surface area contributed by atoms with Crippen LogP contribution in [-0.2, 0) is 0 Å². The first-order valence-corrected chi connectivity index (χ1v) is 23.7. The van der Waals surface area contributed by atoms with Crippen molar-refractivity contribution >= 4 is 53.3 Å². The highest BCUT2D eigenvalue weighted by molar-refractivity contribution is 7.26. The van der Waals surface area contributed by atoms with Crippen molar-refractivity contribution in [2.75, 3.05) is 0 Å². The van der Waals surface area contributed by atoms with Crippen LogP contribution in [0.5, 0.6) is 0 Å². The first-order valence-electron chi connectivity index (χ1n) is 22.9. The van der Waals surface area contributed by atoms with Crippen molar-refractivity contribution in [3.05, 3.63) is 243 Å². The molecule has 0 saturated heterocycles. The highest BCUT2D eigenvalue weighted by Gasteiger charge is 2.22. The number of hydrogen-bond donors (Lipinski definition) is 0. The Morgan fingerprint density at radius 2 is 0.838 bits per heavy atom. The smallest absolute Gasteiger partial charge is 0.164 e. The van der Waals surface area contributed by atoms with Gasteiger partial charge in [-0.2, -0.15) is 0 Å². The molecule has 5 heteroatoms. The third kappa shape index (κ3) is 6.79. The van der Waals surface area contributed by atoms with Gasteiger partial charge in [-0.3, -0.25) is 0 Å². The summed E-state index contributed by atoms with van der Waals surface area (Å²) in [5, 5.41) is 5.07. The molecule has 0 spiro atoms. The standard InChI is InChI=1S/C63H40N4S/c1-6-19-41(20-7-1)49-30-18-31-50(42-21-8-2-9-22-42)58(49)46-34-35-48(53(39-46)63-65-61(43-23-10-3-11-24-43)64-62(66-63)44-25-12-4-13-26-44)45-33-36-52-57(40-45)68-56-38-37-55-59(60(52)56)51-29-16-17-32-54(51)67(55)47-27-14-5-15-28-47/h1-40H. The predicted molar refractivity (Wildman–Crippen MR) is 285 cm³/mol. The molecule has 0 aliphatic rings. The number of aromatic nitrogens is 4. The Hall–Kier alpha value is -8.77. The lowest BCUT2D eigenvalue weighted by Gasteiger charge is -2.19. The zero-order valence-corrected chi connectivity index (χ0v) is 37.6. The summed E-state index contributed by atoms with van der Waals surface area (Å²) in [6.45, 7) is 0. The fraction of sp³-hybridized carbons (Fsp3) is 0. The molecule has 13 aromatic rings. The topological polar surface area (TPSA) is 43.6 Å². The van der Waals surface area contributed by atoms with E-state index in [4.69, 9.17) is 15.0 Å². The van der Waals surface area contributed by atoms with Gasteiger partial charge in [0.25, 0.3) is 0 Å². The van der Waals surface area contributed by atoms with E-state index >= 15 is 0 Å². The fourth-order valence-corrected chi connectivity index (χ4v) is 11.1. The second-order valence-corrected chi connectivity index (χ2v) is 18.2. The molecule has 0 aliphatic carbocycles. The Morgan fingerprint density at radius 3 is 1.47 bits per heavy atom. The van der Waals surface area contributed by atoms with E-state index in [1.54, 1.807) is 0 Å². The summed E-state index contributed by atoms with van der Waals surface area (Å²) in [5.41, 5.74) is 15.3. The zero-order valence-electron chi connectivity index (χ0n) is 36.8. The lowest BCUT2D eigenvalue weighted by molar-refractivity contribution is 1.07. The molecule has 0 radical (unpaired) electrons. The molecule has 68 heavy (non-hydrogen) atoms. The normalized spacial score (nSPS) is 11.5. The molecule has 0 N–H and O–H groups in total. The lowest BCUT2D eigenvalue weighted by atomic mass is 9.85. The number of fused-ring (bicyclic) bond motifs is 7. The molecule has 0 atom stereocenters. The Morgan fingerprint density at radius 1 is 0.294 bits per heavy atom. The van der Waals surface area contributed by atoms with Crippen molar-refractivity contribution in [1.29, 1.82) is 0 Å². The van der Waals surface area contributed by atoms with E-state index in [0.29, 0.717) is 17.5 Å². The summed E-state index contributed by atoms with van der Waals surface area (Å²) in [6.07, 6.45) is 0. The lowest BCUT2D eigenvalue weighted by Crippen LogP contribution is -2.01. The molecule has 0 saturated carbocycles. The van der Waals surface area contributed by atoms with Gasteiger partial charge in [-0.15, -0.1) is 11.3 Å². The highest BCUT2D eigenvalue weighted by Crippen LogP contribution is 2.47. The van der Waals surface area contributed by atoms with Crippen LogP contribution in [0.15, 0.2) is 243 Å². The minimum absolute atomic E-state index is 0.611. The van der Waals surface area contributed by atoms with Crippen LogP contribution in [-0.4, -0.2) is 19.5 Å². The van der Waals surface area contributed by atoms with E-state index in [9.17, 15) is 0 Å². The van der Waals surface area contributed by atoms with Crippen molar-refractivity contribution < 1.29 is 0 Å². The van der Waals surface area contributed by atoms with E-state index in [2.05, 4.69) is 211 Å². The van der Waals surface area contributed by atoms with Gasteiger partial charge in [0.15, 0.2) is 17.5 Å². The first kappa shape index (κ1) is 39.6. The van der Waals surface area contributed by atoms with Crippen molar-refractivity contribution in [2.24, 2.45) is 0 Å². The Labute approximate surface area is 397 Å². The van der Waals surface area contributed by atoms with E-state index in [1.807, 2.05) is 47.7 Å². The number of rotatable bonds is 8. The summed E-state index contributed by atoms with van der Waals surface area (Å²) < 4.78 is 4.89. The molecule has 0 fully saturated rings. The van der Waals surface area contributed by atoms with Crippen LogP contribution in [0, 0.1) is 0 Å². The largest absolute Gasteiger partial charge is 0.309 e. The summed E-state index contributed by atoms with van der Waals surface area (Å²) in [7, 11) is 0. The fourth-order valence-electron chi connectivity index (χ4n) is 9.99. The molecule has 0 bridgehead atoms. The second kappa shape index (κ2) is 16.6. The number of para-hydroxylation sites is 2. The van der Waals surface area contributed by atoms with Crippen LogP contribution in [0.4, 0.5) is 0 Å². The number of thiophene rings is 1. The maximum absolute atomic E-state index is 5.35. The average Bonchev–Trinajstić information content (AvgIpc) is 3.97. The zero-order chi connectivity index (χ0) is 45.0. The maximum Gasteiger partial charge on any atom is 0.164 e. The summed E-state index contributed by atoms with van der Waals surface area (Å²) in [4.78, 5) is 15.8. The van der Waals surface area contributed by atoms with Crippen LogP contribution in [0.25, 0.3) is 126 Å². The molecule has 318 valence electrons. The van der Waals surface area contributed by atoms with Gasteiger partial charge in [0, 0.05) is 53.3 Å². The molecule has 10 aromatic carbocycles. The molecular weight excluding hydrogens is 845 g/mol. The van der Waals surface area contributed by atoms with Crippen molar-refractivity contribution in [3.8, 4) is 84.4 Å². The Balaban J connectivity index is 1.07. The minimum atomic E-state index is 0.611. The van der Waals surface area contributed by atoms with E-state index < -0.39 is 0 Å². The SMILES string of the molecule is c1ccc(-c2nc(-c3ccccc3)nc(-c3cc(-c4c(-c5ccccc5)cccc4-c4ccccc4)ccc3-c3ccc4c(c3)sc3ccc5c(c6ccccc6n5-c5ccccc5)c34)n2)cc1. The Bertz CT molecular complexity index is 3880. The van der Waals surface area contributed by atoms with E-state index in [-0.39, 0.29) is 0 Å². The molecule has 0 unspecified atom stereocenters. The predicted octanol–water partition coefficient (Wildman–Crippen LogP) is 17.0. The van der Waals surface area contributed by atoms with Crippen LogP contribution in [0.1, 0.15) is 0 Å². The highest BCUT2D eigenvalue weighted by atomic mass is 32.1. The molecule has 3 heterocycles. The summed E-state index contributed by atoms with van der Waals surface area (Å²) in [5.74, 6) is 1.86. The number of nitrogens with zero attached hydrogens (tertiary/aromatic N) is 4. The van der Waals surface area contributed by atoms with Crippen molar-refractivity contribution in [1.82, 2.24) is 19.5 Å². The molecule has 0 amide bonds. The summed E-state index contributed by atoms with van der Waals surface area (Å²) in [6, 6.07) is 86.4. The van der Waals surface area contributed by atoms with Gasteiger partial charge in [0.1, 0.15) is 0 Å². The number of benzene rings is 10. The molecular formula is C63H40N4S. The van der Waals surface area contributed by atoms with Gasteiger partial charge in [-0.1, -0.05) is 200 Å². The van der Waals surface area contributed by atoms with Crippen LogP contribution >= 0.6 is 11.3 Å². The maximum atomic E-state index is 5.35. The third-order valence-electron chi connectivity index (χ3n) is 13.1. The van der Waals surface area contributed by atoms with Gasteiger partial charge < -0.3 is 4.57 Å². The average molecular weight is 885 g/mol. The van der Waals surface area contributed by atoms with Crippen LogP contribution < -0.4 is 0 Å². The quantitative estimate of drug-likeness (QED) is 0.153. The van der Waals surface area contributed by atoms with Crippen molar-refractivity contribution in [2.45, 2.75) is 0 Å². The van der Waals surface area contributed by atoms with Gasteiger partial charge in [-0.05, 0) is 87.0 Å². The molecule has 0 aliphatic heterocycles. The van der Waals surface area contributed by atoms with Gasteiger partial charge in [0.2, 0.25) is 0 Å². The molecule has 3 aromatic heterocycles. The molecule has 4 nitrogen and oxygen atoms in total. The van der Waals surface area contributed by atoms with Crippen LogP contribution in [0.3, 0.4) is 0 Å². The monoisotopic (exact) mass is 884 g/mol. The van der Waals surface area contributed by atoms with E-state index in [1.165, 1.54) is 42.0 Å². The van der Waals surface area contributed by atoms with Gasteiger partial charge >= 0.3 is 0 Å².